The van der Waals surface area contributed by atoms with Crippen LogP contribution in [0.2, 0.25) is 0 Å². The van der Waals surface area contributed by atoms with Crippen molar-refractivity contribution in [3.05, 3.63) is 53.2 Å². The summed E-state index contributed by atoms with van der Waals surface area (Å²) in [5.41, 5.74) is 1.12. The first kappa shape index (κ1) is 15.1. The highest BCUT2D eigenvalue weighted by molar-refractivity contribution is 5.74. The molecule has 3 rings (SSSR count). The number of alkyl halides is 3. The topological polar surface area (TPSA) is 49.0 Å². The van der Waals surface area contributed by atoms with Gasteiger partial charge in [0.1, 0.15) is 5.75 Å². The van der Waals surface area contributed by atoms with Crippen LogP contribution >= 0.6 is 0 Å². The molecule has 0 aliphatic heterocycles. The van der Waals surface area contributed by atoms with Gasteiger partial charge in [0.05, 0.1) is 11.8 Å². The van der Waals surface area contributed by atoms with Crippen LogP contribution < -0.4 is 10.3 Å². The van der Waals surface area contributed by atoms with E-state index in [4.69, 9.17) is 0 Å². The summed E-state index contributed by atoms with van der Waals surface area (Å²) in [5.74, 6) is -0.342. The summed E-state index contributed by atoms with van der Waals surface area (Å²) in [5, 5.41) is 0. The van der Waals surface area contributed by atoms with Gasteiger partial charge in [-0.05, 0) is 37.3 Å². The Morgan fingerprint density at radius 1 is 1.17 bits per heavy atom. The van der Waals surface area contributed by atoms with Crippen molar-refractivity contribution >= 4 is 11.0 Å². The number of hydrogen-bond acceptors (Lipinski definition) is 3. The van der Waals surface area contributed by atoms with Crippen LogP contribution in [0.4, 0.5) is 13.2 Å². The number of imidazole rings is 1. The molecule has 23 heavy (non-hydrogen) atoms. The second-order valence-corrected chi connectivity index (χ2v) is 4.80. The molecule has 0 fully saturated rings. The molecule has 5 nitrogen and oxygen atoms in total. The fraction of sp³-hybridized carbons (Fsp3) is 0.200. The van der Waals surface area contributed by atoms with Crippen molar-refractivity contribution < 1.29 is 17.9 Å². The van der Waals surface area contributed by atoms with Gasteiger partial charge < -0.3 is 9.30 Å². The highest BCUT2D eigenvalue weighted by atomic mass is 19.4. The molecule has 1 aromatic carbocycles. The van der Waals surface area contributed by atoms with Crippen molar-refractivity contribution in [2.45, 2.75) is 19.8 Å². The molecular weight excluding hydrogens is 311 g/mol. The zero-order valence-electron chi connectivity index (χ0n) is 12.0. The van der Waals surface area contributed by atoms with Crippen molar-refractivity contribution in [3.8, 4) is 11.4 Å². The SMILES string of the molecule is CCn1cnc2c(=O)n(-c3ccc(OC(F)(F)F)cc3)ccc21. The molecule has 0 aliphatic rings. The average molecular weight is 323 g/mol. The number of nitrogens with zero attached hydrogens (tertiary/aromatic N) is 3. The molecule has 0 atom stereocenters. The Balaban J connectivity index is 2.00. The Morgan fingerprint density at radius 2 is 1.87 bits per heavy atom. The highest BCUT2D eigenvalue weighted by Crippen LogP contribution is 2.23. The van der Waals surface area contributed by atoms with Gasteiger partial charge in [-0.1, -0.05) is 0 Å². The van der Waals surface area contributed by atoms with Gasteiger partial charge >= 0.3 is 6.36 Å². The number of aromatic nitrogens is 3. The largest absolute Gasteiger partial charge is 0.573 e. The number of fused-ring (bicyclic) bond motifs is 1. The van der Waals surface area contributed by atoms with E-state index in [-0.39, 0.29) is 11.3 Å². The fourth-order valence-electron chi connectivity index (χ4n) is 2.32. The van der Waals surface area contributed by atoms with E-state index >= 15 is 0 Å². The molecule has 0 radical (unpaired) electrons. The second-order valence-electron chi connectivity index (χ2n) is 4.80. The van der Waals surface area contributed by atoms with Gasteiger partial charge in [0.25, 0.3) is 5.56 Å². The van der Waals surface area contributed by atoms with Gasteiger partial charge in [-0.25, -0.2) is 4.98 Å². The van der Waals surface area contributed by atoms with E-state index < -0.39 is 6.36 Å². The van der Waals surface area contributed by atoms with E-state index in [1.165, 1.54) is 16.7 Å². The van der Waals surface area contributed by atoms with Crippen LogP contribution in [0.25, 0.3) is 16.7 Å². The standard InChI is InChI=1S/C15H12F3N3O2/c1-2-20-9-19-13-12(20)7-8-21(14(13)22)10-3-5-11(6-4-10)23-15(16,17)18/h3-9H,2H2,1H3. The summed E-state index contributed by atoms with van der Waals surface area (Å²) < 4.78 is 43.4. The first-order valence-electron chi connectivity index (χ1n) is 6.82. The minimum Gasteiger partial charge on any atom is -0.406 e. The lowest BCUT2D eigenvalue weighted by atomic mass is 10.3. The molecule has 0 amide bonds. The van der Waals surface area contributed by atoms with Gasteiger partial charge in [0.15, 0.2) is 5.52 Å². The minimum atomic E-state index is -4.75. The zero-order valence-corrected chi connectivity index (χ0v) is 12.0. The number of rotatable bonds is 3. The molecule has 0 spiro atoms. The van der Waals surface area contributed by atoms with E-state index in [2.05, 4.69) is 9.72 Å². The molecular formula is C15H12F3N3O2. The minimum absolute atomic E-state index is 0.310. The molecule has 3 aromatic rings. The fourth-order valence-corrected chi connectivity index (χ4v) is 2.32. The number of benzene rings is 1. The Hall–Kier alpha value is -2.77. The maximum absolute atomic E-state index is 12.4. The van der Waals surface area contributed by atoms with Crippen LogP contribution in [0.15, 0.2) is 47.7 Å². The van der Waals surface area contributed by atoms with Crippen molar-refractivity contribution in [1.82, 2.24) is 14.1 Å². The van der Waals surface area contributed by atoms with E-state index in [1.54, 1.807) is 18.6 Å². The molecule has 0 saturated heterocycles. The van der Waals surface area contributed by atoms with Crippen molar-refractivity contribution in [2.24, 2.45) is 0 Å². The maximum atomic E-state index is 12.4. The molecule has 0 aliphatic carbocycles. The van der Waals surface area contributed by atoms with Crippen LogP contribution in [0.5, 0.6) is 5.75 Å². The molecule has 120 valence electrons. The molecule has 0 unspecified atom stereocenters. The van der Waals surface area contributed by atoms with Crippen LogP contribution in [-0.2, 0) is 6.54 Å². The summed E-state index contributed by atoms with van der Waals surface area (Å²) in [4.78, 5) is 16.5. The van der Waals surface area contributed by atoms with Crippen molar-refractivity contribution in [1.29, 1.82) is 0 Å². The lowest BCUT2D eigenvalue weighted by Crippen LogP contribution is -2.19. The van der Waals surface area contributed by atoms with Crippen molar-refractivity contribution in [3.63, 3.8) is 0 Å². The normalized spacial score (nSPS) is 11.8. The number of pyridine rings is 1. The summed E-state index contributed by atoms with van der Waals surface area (Å²) >= 11 is 0. The molecule has 2 aromatic heterocycles. The number of hydrogen-bond donors (Lipinski definition) is 0. The number of halogens is 3. The predicted molar refractivity (Wildman–Crippen MR) is 77.7 cm³/mol. The van der Waals surface area contributed by atoms with Gasteiger partial charge in [0, 0.05) is 18.4 Å². The third kappa shape index (κ3) is 2.92. The van der Waals surface area contributed by atoms with Gasteiger partial charge in [-0.15, -0.1) is 13.2 Å². The molecule has 0 bridgehead atoms. The summed E-state index contributed by atoms with van der Waals surface area (Å²) in [7, 11) is 0. The summed E-state index contributed by atoms with van der Waals surface area (Å²) in [6, 6.07) is 6.82. The lowest BCUT2D eigenvalue weighted by molar-refractivity contribution is -0.274. The highest BCUT2D eigenvalue weighted by Gasteiger charge is 2.30. The third-order valence-corrected chi connectivity index (χ3v) is 3.37. The second kappa shape index (κ2) is 5.45. The average Bonchev–Trinajstić information content (AvgIpc) is 2.91. The monoisotopic (exact) mass is 323 g/mol. The van der Waals surface area contributed by atoms with Crippen LogP contribution in [0.3, 0.4) is 0 Å². The predicted octanol–water partition coefficient (Wildman–Crippen LogP) is 3.11. The first-order valence-corrected chi connectivity index (χ1v) is 6.82. The van der Waals surface area contributed by atoms with Crippen LogP contribution in [0, 0.1) is 0 Å². The summed E-state index contributed by atoms with van der Waals surface area (Å²) in [6.45, 7) is 2.62. The van der Waals surface area contributed by atoms with Gasteiger partial charge in [-0.2, -0.15) is 0 Å². The van der Waals surface area contributed by atoms with Crippen LogP contribution in [-0.4, -0.2) is 20.5 Å². The van der Waals surface area contributed by atoms with Crippen LogP contribution in [0.1, 0.15) is 6.92 Å². The Labute approximate surface area is 128 Å². The number of aryl methyl sites for hydroxylation is 1. The van der Waals surface area contributed by atoms with E-state index in [1.807, 2.05) is 11.5 Å². The smallest absolute Gasteiger partial charge is 0.406 e. The maximum Gasteiger partial charge on any atom is 0.573 e. The first-order chi connectivity index (χ1) is 10.9. The molecule has 2 heterocycles. The Kier molecular flexibility index (Phi) is 3.59. The van der Waals surface area contributed by atoms with Gasteiger partial charge in [-0.3, -0.25) is 9.36 Å². The molecule has 0 saturated carbocycles. The third-order valence-electron chi connectivity index (χ3n) is 3.37. The van der Waals surface area contributed by atoms with E-state index in [0.717, 1.165) is 12.1 Å². The van der Waals surface area contributed by atoms with Crippen molar-refractivity contribution in [2.75, 3.05) is 0 Å². The van der Waals surface area contributed by atoms with Gasteiger partial charge in [0.2, 0.25) is 0 Å². The quantitative estimate of drug-likeness (QED) is 0.744. The molecule has 8 heteroatoms. The Bertz CT molecular complexity index is 895. The van der Waals surface area contributed by atoms with E-state index in [9.17, 15) is 18.0 Å². The zero-order chi connectivity index (χ0) is 16.6. The Morgan fingerprint density at radius 3 is 2.48 bits per heavy atom. The number of ether oxygens (including phenoxy) is 1. The summed E-state index contributed by atoms with van der Waals surface area (Å²) in [6.07, 6.45) is -1.60. The van der Waals surface area contributed by atoms with E-state index in [0.29, 0.717) is 23.3 Å². The lowest BCUT2D eigenvalue weighted by Gasteiger charge is -2.10. The molecule has 0 N–H and O–H groups in total.